The van der Waals surface area contributed by atoms with E-state index in [9.17, 15) is 13.2 Å². The number of carbonyl (C=O) groups is 1. The van der Waals surface area contributed by atoms with Crippen molar-refractivity contribution in [1.29, 1.82) is 0 Å². The molecule has 166 valence electrons. The first-order valence-electron chi connectivity index (χ1n) is 10.8. The minimum Gasteiger partial charge on any atom is -0.379 e. The van der Waals surface area contributed by atoms with Gasteiger partial charge in [0.2, 0.25) is 15.9 Å². The van der Waals surface area contributed by atoms with Crippen molar-refractivity contribution in [2.75, 3.05) is 44.7 Å². The van der Waals surface area contributed by atoms with Crippen molar-refractivity contribution in [2.24, 2.45) is 5.92 Å². The molecule has 2 aliphatic rings. The van der Waals surface area contributed by atoms with Gasteiger partial charge in [0.15, 0.2) is 0 Å². The summed E-state index contributed by atoms with van der Waals surface area (Å²) < 4.78 is 32.6. The first-order chi connectivity index (χ1) is 15.0. The first kappa shape index (κ1) is 22.0. The number of amides is 1. The fourth-order valence-corrected chi connectivity index (χ4v) is 5.60. The SMILES string of the molecule is O=C(Nc1ccccc1)C1CCN(Cc2cccc(S(=O)(=O)N3CCOCC3)c2)CC1. The molecule has 0 atom stereocenters. The third-order valence-electron chi connectivity index (χ3n) is 5.91. The zero-order valence-corrected chi connectivity index (χ0v) is 18.4. The van der Waals surface area contributed by atoms with E-state index < -0.39 is 10.0 Å². The van der Waals surface area contributed by atoms with Gasteiger partial charge in [-0.3, -0.25) is 9.69 Å². The molecule has 0 bridgehead atoms. The molecule has 0 saturated carbocycles. The molecule has 2 fully saturated rings. The van der Waals surface area contributed by atoms with Crippen molar-refractivity contribution in [3.8, 4) is 0 Å². The quantitative estimate of drug-likeness (QED) is 0.742. The number of nitrogens with one attached hydrogen (secondary N) is 1. The Labute approximate surface area is 184 Å². The maximum atomic E-state index is 12.9. The zero-order chi connectivity index (χ0) is 21.7. The summed E-state index contributed by atoms with van der Waals surface area (Å²) in [5.41, 5.74) is 1.80. The average molecular weight is 444 g/mol. The second kappa shape index (κ2) is 9.91. The molecule has 0 aromatic heterocycles. The van der Waals surface area contributed by atoms with Crippen LogP contribution in [0.15, 0.2) is 59.5 Å². The van der Waals surface area contributed by atoms with E-state index in [-0.39, 0.29) is 11.8 Å². The van der Waals surface area contributed by atoms with Gasteiger partial charge in [-0.05, 0) is 55.8 Å². The van der Waals surface area contributed by atoms with Crippen LogP contribution in [0.3, 0.4) is 0 Å². The highest BCUT2D eigenvalue weighted by Gasteiger charge is 2.28. The Bertz CT molecular complexity index is 983. The second-order valence-electron chi connectivity index (χ2n) is 8.07. The summed E-state index contributed by atoms with van der Waals surface area (Å²) in [6.07, 6.45) is 1.59. The highest BCUT2D eigenvalue weighted by atomic mass is 32.2. The van der Waals surface area contributed by atoms with E-state index in [0.29, 0.717) is 37.7 Å². The van der Waals surface area contributed by atoms with Gasteiger partial charge in [-0.15, -0.1) is 0 Å². The van der Waals surface area contributed by atoms with E-state index in [4.69, 9.17) is 4.74 Å². The number of piperidine rings is 1. The number of rotatable bonds is 6. The fourth-order valence-electron chi connectivity index (χ4n) is 4.12. The highest BCUT2D eigenvalue weighted by Crippen LogP contribution is 2.23. The molecule has 0 aliphatic carbocycles. The lowest BCUT2D eigenvalue weighted by Gasteiger charge is -2.31. The molecular weight excluding hydrogens is 414 g/mol. The molecule has 1 amide bonds. The van der Waals surface area contributed by atoms with Crippen molar-refractivity contribution in [2.45, 2.75) is 24.3 Å². The molecule has 2 saturated heterocycles. The van der Waals surface area contributed by atoms with Crippen molar-refractivity contribution >= 4 is 21.6 Å². The molecule has 0 spiro atoms. The smallest absolute Gasteiger partial charge is 0.243 e. The lowest BCUT2D eigenvalue weighted by Crippen LogP contribution is -2.40. The minimum absolute atomic E-state index is 0.00416. The zero-order valence-electron chi connectivity index (χ0n) is 17.6. The summed E-state index contributed by atoms with van der Waals surface area (Å²) in [4.78, 5) is 15.1. The monoisotopic (exact) mass is 443 g/mol. The maximum Gasteiger partial charge on any atom is 0.243 e. The summed E-state index contributed by atoms with van der Waals surface area (Å²) in [6.45, 7) is 3.97. The average Bonchev–Trinajstić information content (AvgIpc) is 2.81. The number of anilines is 1. The van der Waals surface area contributed by atoms with Crippen molar-refractivity contribution in [3.05, 3.63) is 60.2 Å². The van der Waals surface area contributed by atoms with Crippen LogP contribution in [-0.4, -0.2) is 62.9 Å². The maximum absolute atomic E-state index is 12.9. The second-order valence-corrected chi connectivity index (χ2v) is 10.0. The van der Waals surface area contributed by atoms with Crippen LogP contribution in [0.25, 0.3) is 0 Å². The molecule has 2 aromatic carbocycles. The van der Waals surface area contributed by atoms with E-state index in [1.165, 1.54) is 4.31 Å². The molecule has 8 heteroatoms. The molecule has 4 rings (SSSR count). The van der Waals surface area contributed by atoms with Crippen molar-refractivity contribution in [3.63, 3.8) is 0 Å². The van der Waals surface area contributed by atoms with Crippen LogP contribution in [0.2, 0.25) is 0 Å². The standard InChI is InChI=1S/C23H29N3O4S/c27-23(24-21-6-2-1-3-7-21)20-9-11-25(12-10-20)18-19-5-4-8-22(17-19)31(28,29)26-13-15-30-16-14-26/h1-8,17,20H,9-16,18H2,(H,24,27). The number of nitrogens with zero attached hydrogens (tertiary/aromatic N) is 2. The summed E-state index contributed by atoms with van der Waals surface area (Å²) in [6, 6.07) is 16.7. The number of carbonyl (C=O) groups excluding carboxylic acids is 1. The predicted octanol–water partition coefficient (Wildman–Crippen LogP) is 2.56. The topological polar surface area (TPSA) is 79.0 Å². The van der Waals surface area contributed by atoms with Gasteiger partial charge in [0, 0.05) is 31.2 Å². The van der Waals surface area contributed by atoms with Gasteiger partial charge in [0.1, 0.15) is 0 Å². The van der Waals surface area contributed by atoms with E-state index in [1.807, 2.05) is 42.5 Å². The van der Waals surface area contributed by atoms with Crippen LogP contribution in [0.4, 0.5) is 5.69 Å². The van der Waals surface area contributed by atoms with Crippen LogP contribution in [0.1, 0.15) is 18.4 Å². The van der Waals surface area contributed by atoms with Gasteiger partial charge < -0.3 is 10.1 Å². The molecule has 0 radical (unpaired) electrons. The summed E-state index contributed by atoms with van der Waals surface area (Å²) in [5.74, 6) is 0.0777. The molecule has 31 heavy (non-hydrogen) atoms. The highest BCUT2D eigenvalue weighted by molar-refractivity contribution is 7.89. The Morgan fingerprint density at radius 2 is 1.68 bits per heavy atom. The third kappa shape index (κ3) is 5.51. The van der Waals surface area contributed by atoms with E-state index in [0.717, 1.165) is 37.2 Å². The number of ether oxygens (including phenoxy) is 1. The molecular formula is C23H29N3O4S. The van der Waals surface area contributed by atoms with Crippen LogP contribution in [-0.2, 0) is 26.1 Å². The Balaban J connectivity index is 1.32. The van der Waals surface area contributed by atoms with Crippen LogP contribution in [0, 0.1) is 5.92 Å². The Kier molecular flexibility index (Phi) is 7.02. The first-order valence-corrected chi connectivity index (χ1v) is 12.2. The Hall–Kier alpha value is -2.26. The summed E-state index contributed by atoms with van der Waals surface area (Å²) >= 11 is 0. The normalized spacial score (nSPS) is 19.2. The largest absolute Gasteiger partial charge is 0.379 e. The summed E-state index contributed by atoms with van der Waals surface area (Å²) in [7, 11) is -3.49. The lowest BCUT2D eigenvalue weighted by molar-refractivity contribution is -0.121. The fraction of sp³-hybridized carbons (Fsp3) is 0.435. The van der Waals surface area contributed by atoms with Crippen LogP contribution in [0.5, 0.6) is 0 Å². The number of benzene rings is 2. The Morgan fingerprint density at radius 1 is 0.968 bits per heavy atom. The van der Waals surface area contributed by atoms with Gasteiger partial charge >= 0.3 is 0 Å². The van der Waals surface area contributed by atoms with E-state index >= 15 is 0 Å². The molecule has 2 aromatic rings. The molecule has 7 nitrogen and oxygen atoms in total. The van der Waals surface area contributed by atoms with Crippen molar-refractivity contribution < 1.29 is 17.9 Å². The van der Waals surface area contributed by atoms with Crippen molar-refractivity contribution in [1.82, 2.24) is 9.21 Å². The number of hydrogen-bond donors (Lipinski definition) is 1. The summed E-state index contributed by atoms with van der Waals surface area (Å²) in [5, 5.41) is 2.99. The van der Waals surface area contributed by atoms with Gasteiger partial charge in [-0.1, -0.05) is 30.3 Å². The molecule has 1 N–H and O–H groups in total. The Morgan fingerprint density at radius 3 is 2.39 bits per heavy atom. The van der Waals surface area contributed by atoms with Gasteiger partial charge in [0.25, 0.3) is 0 Å². The van der Waals surface area contributed by atoms with Gasteiger partial charge in [-0.25, -0.2) is 8.42 Å². The van der Waals surface area contributed by atoms with Crippen LogP contribution >= 0.6 is 0 Å². The number of hydrogen-bond acceptors (Lipinski definition) is 5. The number of para-hydroxylation sites is 1. The van der Waals surface area contributed by atoms with Gasteiger partial charge in [-0.2, -0.15) is 4.31 Å². The minimum atomic E-state index is -3.49. The number of sulfonamides is 1. The van der Waals surface area contributed by atoms with E-state index in [1.54, 1.807) is 12.1 Å². The number of morpholine rings is 1. The molecule has 2 heterocycles. The molecule has 0 unspecified atom stereocenters. The number of likely N-dealkylation sites (tertiary alicyclic amines) is 1. The lowest BCUT2D eigenvalue weighted by atomic mass is 9.95. The third-order valence-corrected chi connectivity index (χ3v) is 7.81. The van der Waals surface area contributed by atoms with Gasteiger partial charge in [0.05, 0.1) is 18.1 Å². The van der Waals surface area contributed by atoms with Crippen LogP contribution < -0.4 is 5.32 Å². The predicted molar refractivity (Wildman–Crippen MR) is 119 cm³/mol. The van der Waals surface area contributed by atoms with E-state index in [2.05, 4.69) is 10.2 Å². The molecule has 2 aliphatic heterocycles.